The van der Waals surface area contributed by atoms with Crippen LogP contribution in [0.15, 0.2) is 29.2 Å². The molecular formula is C19H25NaO3S. The van der Waals surface area contributed by atoms with E-state index in [2.05, 4.69) is 13.8 Å². The van der Waals surface area contributed by atoms with Gasteiger partial charge in [0.25, 0.3) is 0 Å². The Bertz CT molecular complexity index is 837. The van der Waals surface area contributed by atoms with Crippen LogP contribution in [-0.2, 0) is 10.1 Å². The van der Waals surface area contributed by atoms with Crippen LogP contribution < -0.4 is 29.6 Å². The Balaban J connectivity index is 0.00000288. The molecule has 2 aromatic carbocycles. The predicted octanol–water partition coefficient (Wildman–Crippen LogP) is 2.12. The molecule has 0 amide bonds. The van der Waals surface area contributed by atoms with Gasteiger partial charge in [0.05, 0.1) is 4.90 Å². The third-order valence-electron chi connectivity index (χ3n) is 4.30. The Labute approximate surface area is 167 Å². The Kier molecular flexibility index (Phi) is 7.11. The molecule has 3 nitrogen and oxygen atoms in total. The van der Waals surface area contributed by atoms with Crippen molar-refractivity contribution in [1.82, 2.24) is 0 Å². The van der Waals surface area contributed by atoms with Crippen LogP contribution in [0.2, 0.25) is 0 Å². The summed E-state index contributed by atoms with van der Waals surface area (Å²) in [5, 5.41) is 1.37. The molecule has 0 unspecified atom stereocenters. The second-order valence-corrected chi connectivity index (χ2v) is 8.42. The fraction of sp³-hybridized carbons (Fsp3) is 0.474. The standard InChI is InChI=1S/C19H26O3S.Na/c1-11(2)14-7-8-15-10-16(12(3)4)18(13(5)6)19(17(15)9-14)23(20,21)22;/h7-13H,1-6H3,(H,20,21,22);/q;+1/p-1. The summed E-state index contributed by atoms with van der Waals surface area (Å²) in [6.07, 6.45) is 0. The topological polar surface area (TPSA) is 57.2 Å². The van der Waals surface area contributed by atoms with Gasteiger partial charge in [-0.1, -0.05) is 59.7 Å². The van der Waals surface area contributed by atoms with Crippen LogP contribution in [0, 0.1) is 0 Å². The van der Waals surface area contributed by atoms with Crippen LogP contribution in [0.1, 0.15) is 76.0 Å². The maximum atomic E-state index is 12.1. The van der Waals surface area contributed by atoms with Gasteiger partial charge in [0.2, 0.25) is 0 Å². The van der Waals surface area contributed by atoms with Gasteiger partial charge >= 0.3 is 29.6 Å². The van der Waals surface area contributed by atoms with E-state index in [0.717, 1.165) is 16.5 Å². The monoisotopic (exact) mass is 356 g/mol. The average molecular weight is 356 g/mol. The predicted molar refractivity (Wildman–Crippen MR) is 94.2 cm³/mol. The number of benzene rings is 2. The van der Waals surface area contributed by atoms with Crippen molar-refractivity contribution in [2.45, 2.75) is 64.2 Å². The smallest absolute Gasteiger partial charge is 0.744 e. The summed E-state index contributed by atoms with van der Waals surface area (Å²) in [5.74, 6) is 0.397. The normalized spacial score (nSPS) is 12.2. The minimum absolute atomic E-state index is 0. The third kappa shape index (κ3) is 4.23. The van der Waals surface area contributed by atoms with E-state index in [-0.39, 0.29) is 52.2 Å². The molecule has 0 aliphatic carbocycles. The molecule has 0 aliphatic rings. The average Bonchev–Trinajstić information content (AvgIpc) is 2.42. The molecule has 0 spiro atoms. The van der Waals surface area contributed by atoms with Crippen molar-refractivity contribution in [3.63, 3.8) is 0 Å². The van der Waals surface area contributed by atoms with E-state index in [0.29, 0.717) is 10.9 Å². The Hall–Kier alpha value is -0.390. The van der Waals surface area contributed by atoms with E-state index < -0.39 is 10.1 Å². The van der Waals surface area contributed by atoms with Crippen molar-refractivity contribution in [1.29, 1.82) is 0 Å². The summed E-state index contributed by atoms with van der Waals surface area (Å²) >= 11 is 0. The van der Waals surface area contributed by atoms with Gasteiger partial charge in [-0.05, 0) is 51.3 Å². The van der Waals surface area contributed by atoms with Crippen LogP contribution in [0.5, 0.6) is 0 Å². The van der Waals surface area contributed by atoms with Gasteiger partial charge in [-0.2, -0.15) is 0 Å². The summed E-state index contributed by atoms with van der Waals surface area (Å²) in [7, 11) is -4.55. The van der Waals surface area contributed by atoms with Crippen molar-refractivity contribution in [2.24, 2.45) is 0 Å². The number of rotatable bonds is 4. The van der Waals surface area contributed by atoms with Crippen LogP contribution in [0.3, 0.4) is 0 Å². The number of fused-ring (bicyclic) bond motifs is 1. The molecule has 0 fully saturated rings. The number of hydrogen-bond acceptors (Lipinski definition) is 3. The molecule has 0 aromatic heterocycles. The first-order valence-electron chi connectivity index (χ1n) is 8.10. The quantitative estimate of drug-likeness (QED) is 0.623. The van der Waals surface area contributed by atoms with Gasteiger partial charge in [0.1, 0.15) is 10.1 Å². The van der Waals surface area contributed by atoms with Crippen LogP contribution in [-0.4, -0.2) is 13.0 Å². The minimum Gasteiger partial charge on any atom is -0.744 e. The maximum Gasteiger partial charge on any atom is 1.00 e. The van der Waals surface area contributed by atoms with E-state index in [1.807, 2.05) is 52.0 Å². The molecule has 0 saturated heterocycles. The van der Waals surface area contributed by atoms with Crippen molar-refractivity contribution in [2.75, 3.05) is 0 Å². The molecule has 0 N–H and O–H groups in total. The molecular weight excluding hydrogens is 331 g/mol. The zero-order chi connectivity index (χ0) is 17.5. The molecule has 0 heterocycles. The van der Waals surface area contributed by atoms with Crippen LogP contribution in [0.25, 0.3) is 10.8 Å². The molecule has 0 radical (unpaired) electrons. The Morgan fingerprint density at radius 1 is 0.875 bits per heavy atom. The zero-order valence-electron chi connectivity index (χ0n) is 15.7. The van der Waals surface area contributed by atoms with E-state index >= 15 is 0 Å². The van der Waals surface area contributed by atoms with Crippen LogP contribution >= 0.6 is 0 Å². The summed E-state index contributed by atoms with van der Waals surface area (Å²) < 4.78 is 36.2. The minimum atomic E-state index is -4.55. The van der Waals surface area contributed by atoms with Crippen molar-refractivity contribution in [3.05, 3.63) is 41.0 Å². The molecule has 24 heavy (non-hydrogen) atoms. The van der Waals surface area contributed by atoms with Gasteiger partial charge in [-0.15, -0.1) is 0 Å². The van der Waals surface area contributed by atoms with Gasteiger partial charge in [0.15, 0.2) is 0 Å². The first kappa shape index (κ1) is 21.7. The summed E-state index contributed by atoms with van der Waals surface area (Å²) in [6, 6.07) is 7.83. The third-order valence-corrected chi connectivity index (χ3v) is 5.24. The van der Waals surface area contributed by atoms with Gasteiger partial charge in [0, 0.05) is 0 Å². The molecule has 2 rings (SSSR count). The van der Waals surface area contributed by atoms with E-state index in [1.165, 1.54) is 0 Å². The maximum absolute atomic E-state index is 12.1. The second-order valence-electron chi connectivity index (χ2n) is 7.11. The first-order valence-corrected chi connectivity index (χ1v) is 9.51. The molecule has 5 heteroatoms. The molecule has 126 valence electrons. The zero-order valence-corrected chi connectivity index (χ0v) is 18.5. The van der Waals surface area contributed by atoms with Crippen molar-refractivity contribution < 1.29 is 42.5 Å². The fourth-order valence-electron chi connectivity index (χ4n) is 3.12. The Morgan fingerprint density at radius 3 is 1.88 bits per heavy atom. The van der Waals surface area contributed by atoms with Gasteiger partial charge in [-0.3, -0.25) is 0 Å². The van der Waals surface area contributed by atoms with Crippen molar-refractivity contribution in [3.8, 4) is 0 Å². The van der Waals surface area contributed by atoms with E-state index in [4.69, 9.17) is 0 Å². The molecule has 0 atom stereocenters. The van der Waals surface area contributed by atoms with Crippen LogP contribution in [0.4, 0.5) is 0 Å². The van der Waals surface area contributed by atoms with Gasteiger partial charge < -0.3 is 4.55 Å². The summed E-state index contributed by atoms with van der Waals surface area (Å²) in [4.78, 5) is -0.0313. The molecule has 0 aliphatic heterocycles. The van der Waals surface area contributed by atoms with E-state index in [9.17, 15) is 13.0 Å². The SMILES string of the molecule is CC(C)c1ccc2cc(C(C)C)c(C(C)C)c(S(=O)(=O)[O-])c2c1.[Na+]. The van der Waals surface area contributed by atoms with E-state index in [1.54, 1.807) is 0 Å². The number of hydrogen-bond donors (Lipinski definition) is 0. The second kappa shape index (κ2) is 7.88. The summed E-state index contributed by atoms with van der Waals surface area (Å²) in [5.41, 5.74) is 2.65. The molecule has 0 bridgehead atoms. The first-order chi connectivity index (χ1) is 10.5. The van der Waals surface area contributed by atoms with Gasteiger partial charge in [-0.25, -0.2) is 8.42 Å². The molecule has 2 aromatic rings. The van der Waals surface area contributed by atoms with Crippen molar-refractivity contribution >= 4 is 20.9 Å². The largest absolute Gasteiger partial charge is 1.00 e. The summed E-state index contributed by atoms with van der Waals surface area (Å²) in [6.45, 7) is 12.0. The Morgan fingerprint density at radius 2 is 1.46 bits per heavy atom. The fourth-order valence-corrected chi connectivity index (χ4v) is 4.19. The molecule has 0 saturated carbocycles.